The van der Waals surface area contributed by atoms with E-state index in [0.29, 0.717) is 11.7 Å². The molecule has 1 aromatic heterocycles. The molecule has 0 saturated carbocycles. The number of rotatable bonds is 3. The highest BCUT2D eigenvalue weighted by Gasteiger charge is 2.02. The molecule has 0 unspecified atom stereocenters. The molecule has 2 N–H and O–H groups in total. The molecule has 4 heteroatoms. The average Bonchev–Trinajstić information content (AvgIpc) is 2.09. The van der Waals surface area contributed by atoms with Gasteiger partial charge in [0, 0.05) is 0 Å². The molecule has 1 rings (SSSR count). The maximum Gasteiger partial charge on any atom is 0.234 e. The summed E-state index contributed by atoms with van der Waals surface area (Å²) in [6.07, 6.45) is 3.47. The summed E-state index contributed by atoms with van der Waals surface area (Å²) in [6, 6.07) is 0. The van der Waals surface area contributed by atoms with Crippen molar-refractivity contribution in [2.45, 2.75) is 19.8 Å². The summed E-state index contributed by atoms with van der Waals surface area (Å²) in [7, 11) is 1.54. The van der Waals surface area contributed by atoms with E-state index in [4.69, 9.17) is 10.5 Å². The molecule has 0 bridgehead atoms. The van der Waals surface area contributed by atoms with E-state index in [1.807, 2.05) is 0 Å². The summed E-state index contributed by atoms with van der Waals surface area (Å²) in [5.41, 5.74) is 6.48. The molecule has 0 atom stereocenters. The van der Waals surface area contributed by atoms with E-state index in [9.17, 15) is 0 Å². The van der Waals surface area contributed by atoms with E-state index < -0.39 is 0 Å². The van der Waals surface area contributed by atoms with Crippen LogP contribution in [0.5, 0.6) is 5.88 Å². The largest absolute Gasteiger partial charge is 0.480 e. The lowest BCUT2D eigenvalue weighted by atomic mass is 10.2. The minimum Gasteiger partial charge on any atom is -0.480 e. The van der Waals surface area contributed by atoms with Crippen LogP contribution >= 0.6 is 0 Å². The van der Waals surface area contributed by atoms with Crippen molar-refractivity contribution in [2.75, 3.05) is 12.8 Å². The number of hydrogen-bond donors (Lipinski definition) is 1. The molecule has 1 aromatic rings. The van der Waals surface area contributed by atoms with Crippen molar-refractivity contribution in [3.8, 4) is 5.88 Å². The first-order valence-corrected chi connectivity index (χ1v) is 3.93. The number of nitrogens with two attached hydrogens (primary N) is 1. The topological polar surface area (TPSA) is 61.0 Å². The number of nitrogen functional groups attached to an aromatic ring is 1. The monoisotopic (exact) mass is 167 g/mol. The first kappa shape index (κ1) is 8.77. The Morgan fingerprint density at radius 2 is 2.33 bits per heavy atom. The summed E-state index contributed by atoms with van der Waals surface area (Å²) in [6.45, 7) is 2.07. The van der Waals surface area contributed by atoms with Crippen molar-refractivity contribution < 1.29 is 4.74 Å². The molecule has 0 saturated heterocycles. The number of methoxy groups -OCH3 is 1. The smallest absolute Gasteiger partial charge is 0.234 e. The quantitative estimate of drug-likeness (QED) is 0.730. The summed E-state index contributed by atoms with van der Waals surface area (Å²) < 4.78 is 4.87. The molecule has 0 aliphatic heterocycles. The summed E-state index contributed by atoms with van der Waals surface area (Å²) in [5, 5.41) is 0. The predicted octanol–water partition coefficient (Wildman–Crippen LogP) is 1.02. The van der Waals surface area contributed by atoms with Crippen molar-refractivity contribution in [2.24, 2.45) is 0 Å². The second-order valence-corrected chi connectivity index (χ2v) is 2.49. The molecule has 0 aliphatic carbocycles. The number of nitrogens with zero attached hydrogens (tertiary/aromatic N) is 2. The van der Waals surface area contributed by atoms with E-state index >= 15 is 0 Å². The molecule has 66 valence electrons. The Hall–Kier alpha value is -1.32. The van der Waals surface area contributed by atoms with E-state index in [1.165, 1.54) is 0 Å². The fourth-order valence-electron chi connectivity index (χ4n) is 0.939. The average molecular weight is 167 g/mol. The van der Waals surface area contributed by atoms with Gasteiger partial charge in [-0.15, -0.1) is 0 Å². The summed E-state index contributed by atoms with van der Waals surface area (Å²) in [5.74, 6) is 0.934. The van der Waals surface area contributed by atoms with Crippen LogP contribution in [-0.4, -0.2) is 17.1 Å². The van der Waals surface area contributed by atoms with Gasteiger partial charge in [-0.25, -0.2) is 0 Å². The Morgan fingerprint density at radius 1 is 1.58 bits per heavy atom. The van der Waals surface area contributed by atoms with Gasteiger partial charge in [0.15, 0.2) is 0 Å². The van der Waals surface area contributed by atoms with Crippen LogP contribution in [0, 0.1) is 0 Å². The molecule has 0 aliphatic rings. The van der Waals surface area contributed by atoms with Crippen molar-refractivity contribution in [3.63, 3.8) is 0 Å². The molecule has 0 radical (unpaired) electrons. The lowest BCUT2D eigenvalue weighted by molar-refractivity contribution is 0.396. The SMILES string of the molecule is CCCc1ncc(OC)nc1N. The van der Waals surface area contributed by atoms with Gasteiger partial charge in [0.25, 0.3) is 0 Å². The van der Waals surface area contributed by atoms with Gasteiger partial charge in [0.05, 0.1) is 19.0 Å². The standard InChI is InChI=1S/C8H13N3O/c1-3-4-6-8(9)11-7(12-2)5-10-6/h5H,3-4H2,1-2H3,(H2,9,11). The van der Waals surface area contributed by atoms with Crippen LogP contribution in [0.2, 0.25) is 0 Å². The zero-order valence-corrected chi connectivity index (χ0v) is 7.37. The molecule has 4 nitrogen and oxygen atoms in total. The highest BCUT2D eigenvalue weighted by atomic mass is 16.5. The van der Waals surface area contributed by atoms with Gasteiger partial charge >= 0.3 is 0 Å². The number of aromatic nitrogens is 2. The van der Waals surface area contributed by atoms with Crippen molar-refractivity contribution in [1.29, 1.82) is 0 Å². The van der Waals surface area contributed by atoms with E-state index in [2.05, 4.69) is 16.9 Å². The van der Waals surface area contributed by atoms with E-state index in [1.54, 1.807) is 13.3 Å². The molecular weight excluding hydrogens is 154 g/mol. The Balaban J connectivity index is 2.87. The van der Waals surface area contributed by atoms with Crippen LogP contribution in [0.15, 0.2) is 6.20 Å². The molecular formula is C8H13N3O. The highest BCUT2D eigenvalue weighted by Crippen LogP contribution is 2.12. The van der Waals surface area contributed by atoms with Crippen molar-refractivity contribution >= 4 is 5.82 Å². The Labute approximate surface area is 71.8 Å². The minimum atomic E-state index is 0.465. The van der Waals surface area contributed by atoms with Gasteiger partial charge in [-0.3, -0.25) is 4.98 Å². The zero-order valence-electron chi connectivity index (χ0n) is 7.37. The first-order valence-electron chi connectivity index (χ1n) is 3.93. The second-order valence-electron chi connectivity index (χ2n) is 2.49. The van der Waals surface area contributed by atoms with Crippen LogP contribution in [0.25, 0.3) is 0 Å². The fraction of sp³-hybridized carbons (Fsp3) is 0.500. The summed E-state index contributed by atoms with van der Waals surface area (Å²) >= 11 is 0. The van der Waals surface area contributed by atoms with Gasteiger partial charge in [-0.1, -0.05) is 13.3 Å². The Kier molecular flexibility index (Phi) is 2.85. The lowest BCUT2D eigenvalue weighted by Crippen LogP contribution is -2.02. The predicted molar refractivity (Wildman–Crippen MR) is 47.0 cm³/mol. The molecule has 0 spiro atoms. The Morgan fingerprint density at radius 3 is 2.83 bits per heavy atom. The third-order valence-electron chi connectivity index (χ3n) is 1.55. The van der Waals surface area contributed by atoms with Crippen molar-refractivity contribution in [1.82, 2.24) is 9.97 Å². The second kappa shape index (κ2) is 3.90. The maximum atomic E-state index is 5.63. The maximum absolute atomic E-state index is 5.63. The fourth-order valence-corrected chi connectivity index (χ4v) is 0.939. The van der Waals surface area contributed by atoms with Gasteiger partial charge < -0.3 is 10.5 Å². The van der Waals surface area contributed by atoms with E-state index in [0.717, 1.165) is 18.5 Å². The van der Waals surface area contributed by atoms with Crippen LogP contribution in [0.4, 0.5) is 5.82 Å². The van der Waals surface area contributed by atoms with Crippen LogP contribution < -0.4 is 10.5 Å². The van der Waals surface area contributed by atoms with Gasteiger partial charge in [0.2, 0.25) is 5.88 Å². The van der Waals surface area contributed by atoms with Crippen LogP contribution in [-0.2, 0) is 6.42 Å². The zero-order chi connectivity index (χ0) is 8.97. The van der Waals surface area contributed by atoms with Crippen molar-refractivity contribution in [3.05, 3.63) is 11.9 Å². The van der Waals surface area contributed by atoms with Gasteiger partial charge in [-0.2, -0.15) is 4.98 Å². The molecule has 0 fully saturated rings. The van der Waals surface area contributed by atoms with Gasteiger partial charge in [-0.05, 0) is 6.42 Å². The lowest BCUT2D eigenvalue weighted by Gasteiger charge is -2.03. The highest BCUT2D eigenvalue weighted by molar-refractivity contribution is 5.36. The van der Waals surface area contributed by atoms with E-state index in [-0.39, 0.29) is 0 Å². The number of hydrogen-bond acceptors (Lipinski definition) is 4. The van der Waals surface area contributed by atoms with Crippen LogP contribution in [0.1, 0.15) is 19.0 Å². The molecule has 0 amide bonds. The number of ether oxygens (including phenoxy) is 1. The normalized spacial score (nSPS) is 9.83. The Bertz CT molecular complexity index is 262. The summed E-state index contributed by atoms with van der Waals surface area (Å²) in [4.78, 5) is 8.13. The van der Waals surface area contributed by atoms with Gasteiger partial charge in [0.1, 0.15) is 5.82 Å². The molecule has 12 heavy (non-hydrogen) atoms. The number of aryl methyl sites for hydroxylation is 1. The number of anilines is 1. The molecule has 0 aromatic carbocycles. The first-order chi connectivity index (χ1) is 5.77. The molecule has 1 heterocycles. The third-order valence-corrected chi connectivity index (χ3v) is 1.55. The third kappa shape index (κ3) is 1.84. The van der Waals surface area contributed by atoms with Crippen LogP contribution in [0.3, 0.4) is 0 Å². The minimum absolute atomic E-state index is 0.465.